The van der Waals surface area contributed by atoms with Gasteiger partial charge in [0.1, 0.15) is 6.04 Å². The Hall–Kier alpha value is -1.30. The van der Waals surface area contributed by atoms with Crippen LogP contribution in [0.2, 0.25) is 10.0 Å². The summed E-state index contributed by atoms with van der Waals surface area (Å²) in [5.41, 5.74) is 6.30. The van der Waals surface area contributed by atoms with E-state index in [1.807, 2.05) is 0 Å². The first-order chi connectivity index (χ1) is 8.31. The Morgan fingerprint density at radius 1 is 1.17 bits per heavy atom. The van der Waals surface area contributed by atoms with Gasteiger partial charge in [0.05, 0.1) is 16.5 Å². The van der Waals surface area contributed by atoms with Gasteiger partial charge in [-0.15, -0.1) is 0 Å². The molecule has 0 aliphatic carbocycles. The van der Waals surface area contributed by atoms with Crippen LogP contribution in [0.4, 0.5) is 0 Å². The predicted molar refractivity (Wildman–Crippen MR) is 67.1 cm³/mol. The predicted octanol–water partition coefficient (Wildman–Crippen LogP) is 1.57. The molecule has 1 unspecified atom stereocenters. The summed E-state index contributed by atoms with van der Waals surface area (Å²) >= 11 is 11.6. The minimum atomic E-state index is -1.16. The van der Waals surface area contributed by atoms with E-state index in [0.29, 0.717) is 11.1 Å². The highest BCUT2D eigenvalue weighted by Gasteiger charge is 2.17. The second kappa shape index (κ2) is 6.04. The number of benzene rings is 1. The fourth-order valence-corrected chi connectivity index (χ4v) is 1.84. The Morgan fingerprint density at radius 2 is 1.67 bits per heavy atom. The number of nitrogens with two attached hydrogens (primary N) is 1. The van der Waals surface area contributed by atoms with Gasteiger partial charge in [-0.05, 0) is 29.7 Å². The summed E-state index contributed by atoms with van der Waals surface area (Å²) in [6.07, 6.45) is -0.270. The lowest BCUT2D eigenvalue weighted by Crippen LogP contribution is -2.32. The van der Waals surface area contributed by atoms with Crippen LogP contribution in [0.25, 0.3) is 0 Å². The van der Waals surface area contributed by atoms with Crippen LogP contribution in [-0.4, -0.2) is 28.2 Å². The van der Waals surface area contributed by atoms with Gasteiger partial charge < -0.3 is 15.9 Å². The van der Waals surface area contributed by atoms with Gasteiger partial charge in [0, 0.05) is 0 Å². The van der Waals surface area contributed by atoms with Gasteiger partial charge >= 0.3 is 11.9 Å². The van der Waals surface area contributed by atoms with E-state index in [1.54, 1.807) is 0 Å². The molecule has 0 aliphatic rings. The summed E-state index contributed by atoms with van der Waals surface area (Å²) in [6.45, 7) is 0. The fourth-order valence-electron chi connectivity index (χ4n) is 1.47. The second-order valence-electron chi connectivity index (χ2n) is 3.75. The number of carbonyl (C=O) groups is 2. The van der Waals surface area contributed by atoms with E-state index in [1.165, 1.54) is 12.1 Å². The van der Waals surface area contributed by atoms with Crippen LogP contribution in [0, 0.1) is 0 Å². The molecule has 1 atom stereocenters. The molecule has 0 fully saturated rings. The number of carboxylic acids is 2. The minimum absolute atomic E-state index is 0.00512. The van der Waals surface area contributed by atoms with E-state index in [-0.39, 0.29) is 22.9 Å². The number of hydrogen-bond acceptors (Lipinski definition) is 3. The number of rotatable bonds is 5. The normalized spacial score (nSPS) is 12.2. The van der Waals surface area contributed by atoms with Crippen molar-refractivity contribution < 1.29 is 19.8 Å². The van der Waals surface area contributed by atoms with E-state index < -0.39 is 18.0 Å². The van der Waals surface area contributed by atoms with Crippen molar-refractivity contribution in [1.82, 2.24) is 0 Å². The lowest BCUT2D eigenvalue weighted by molar-refractivity contribution is -0.138. The SMILES string of the molecule is NC(Cc1cc(Cl)c(Cl)cc1CC(=O)O)C(=O)O. The monoisotopic (exact) mass is 291 g/mol. The molecule has 18 heavy (non-hydrogen) atoms. The van der Waals surface area contributed by atoms with Gasteiger partial charge in [0.2, 0.25) is 0 Å². The third kappa shape index (κ3) is 3.87. The Morgan fingerprint density at radius 3 is 2.11 bits per heavy atom. The van der Waals surface area contributed by atoms with Crippen LogP contribution < -0.4 is 5.73 Å². The van der Waals surface area contributed by atoms with Gasteiger partial charge in [-0.3, -0.25) is 9.59 Å². The topological polar surface area (TPSA) is 101 Å². The molecule has 98 valence electrons. The molecule has 4 N–H and O–H groups in total. The zero-order chi connectivity index (χ0) is 13.9. The Kier molecular flexibility index (Phi) is 4.95. The van der Waals surface area contributed by atoms with Gasteiger partial charge in [0.25, 0.3) is 0 Å². The van der Waals surface area contributed by atoms with Crippen LogP contribution in [0.3, 0.4) is 0 Å². The molecular weight excluding hydrogens is 281 g/mol. The Balaban J connectivity index is 3.10. The van der Waals surface area contributed by atoms with Crippen molar-refractivity contribution in [1.29, 1.82) is 0 Å². The largest absolute Gasteiger partial charge is 0.481 e. The van der Waals surface area contributed by atoms with Crippen molar-refractivity contribution in [2.24, 2.45) is 5.73 Å². The molecule has 0 radical (unpaired) electrons. The van der Waals surface area contributed by atoms with Crippen molar-refractivity contribution in [2.75, 3.05) is 0 Å². The molecule has 1 rings (SSSR count). The van der Waals surface area contributed by atoms with Crippen LogP contribution >= 0.6 is 23.2 Å². The van der Waals surface area contributed by atoms with Gasteiger partial charge in [-0.2, -0.15) is 0 Å². The molecule has 5 nitrogen and oxygen atoms in total. The first-order valence-electron chi connectivity index (χ1n) is 4.98. The molecule has 1 aromatic carbocycles. The van der Waals surface area contributed by atoms with Gasteiger partial charge in [-0.1, -0.05) is 23.2 Å². The standard InChI is InChI=1S/C11H11Cl2NO4/c12-7-1-5(3-9(14)11(17)18)6(2-8(7)13)4-10(15)16/h1-2,9H,3-4,14H2,(H,15,16)(H,17,18). The zero-order valence-electron chi connectivity index (χ0n) is 9.19. The maximum absolute atomic E-state index is 10.7. The lowest BCUT2D eigenvalue weighted by atomic mass is 9.98. The highest BCUT2D eigenvalue weighted by atomic mass is 35.5. The lowest BCUT2D eigenvalue weighted by Gasteiger charge is -2.12. The second-order valence-corrected chi connectivity index (χ2v) is 4.57. The highest BCUT2D eigenvalue weighted by Crippen LogP contribution is 2.27. The molecule has 1 aromatic rings. The van der Waals surface area contributed by atoms with E-state index in [0.717, 1.165) is 0 Å². The van der Waals surface area contributed by atoms with Gasteiger partial charge in [0.15, 0.2) is 0 Å². The molecule has 0 heterocycles. The zero-order valence-corrected chi connectivity index (χ0v) is 10.7. The molecule has 0 aromatic heterocycles. The number of halogens is 2. The summed E-state index contributed by atoms with van der Waals surface area (Å²) in [6, 6.07) is 1.75. The Labute approximate surface area is 113 Å². The van der Waals surface area contributed by atoms with Crippen molar-refractivity contribution >= 4 is 35.1 Å². The van der Waals surface area contributed by atoms with Crippen LogP contribution in [-0.2, 0) is 22.4 Å². The van der Waals surface area contributed by atoms with Gasteiger partial charge in [-0.25, -0.2) is 0 Å². The third-order valence-corrected chi connectivity index (χ3v) is 3.06. The molecule has 0 saturated heterocycles. The molecule has 0 amide bonds. The molecule has 7 heteroatoms. The first kappa shape index (κ1) is 14.8. The Bertz CT molecular complexity index is 490. The summed E-state index contributed by atoms with van der Waals surface area (Å²) in [5.74, 6) is -2.21. The molecular formula is C11H11Cl2NO4. The molecule has 0 spiro atoms. The number of aliphatic carboxylic acids is 2. The van der Waals surface area contributed by atoms with Crippen LogP contribution in [0.15, 0.2) is 12.1 Å². The minimum Gasteiger partial charge on any atom is -0.481 e. The molecule has 0 aliphatic heterocycles. The van der Waals surface area contributed by atoms with E-state index in [4.69, 9.17) is 39.1 Å². The first-order valence-corrected chi connectivity index (χ1v) is 5.73. The summed E-state index contributed by atoms with van der Waals surface area (Å²) in [5, 5.41) is 18.0. The highest BCUT2D eigenvalue weighted by molar-refractivity contribution is 6.42. The average Bonchev–Trinajstić information content (AvgIpc) is 2.24. The van der Waals surface area contributed by atoms with E-state index in [2.05, 4.69) is 0 Å². The smallest absolute Gasteiger partial charge is 0.320 e. The quantitative estimate of drug-likeness (QED) is 0.764. The number of hydrogen-bond donors (Lipinski definition) is 3. The third-order valence-electron chi connectivity index (χ3n) is 2.34. The summed E-state index contributed by atoms with van der Waals surface area (Å²) < 4.78 is 0. The molecule has 0 saturated carbocycles. The summed E-state index contributed by atoms with van der Waals surface area (Å²) in [7, 11) is 0. The van der Waals surface area contributed by atoms with Crippen molar-refractivity contribution in [2.45, 2.75) is 18.9 Å². The van der Waals surface area contributed by atoms with E-state index >= 15 is 0 Å². The summed E-state index contributed by atoms with van der Waals surface area (Å²) in [4.78, 5) is 21.4. The number of carboxylic acid groups (broad SMARTS) is 2. The van der Waals surface area contributed by atoms with Crippen LogP contribution in [0.1, 0.15) is 11.1 Å². The average molecular weight is 292 g/mol. The fraction of sp³-hybridized carbons (Fsp3) is 0.273. The van der Waals surface area contributed by atoms with E-state index in [9.17, 15) is 9.59 Å². The van der Waals surface area contributed by atoms with Crippen molar-refractivity contribution in [3.63, 3.8) is 0 Å². The van der Waals surface area contributed by atoms with Crippen LogP contribution in [0.5, 0.6) is 0 Å². The molecule has 0 bridgehead atoms. The maximum Gasteiger partial charge on any atom is 0.320 e. The maximum atomic E-state index is 10.7. The van der Waals surface area contributed by atoms with Crippen molar-refractivity contribution in [3.05, 3.63) is 33.3 Å². The van der Waals surface area contributed by atoms with Crippen molar-refractivity contribution in [3.8, 4) is 0 Å².